The summed E-state index contributed by atoms with van der Waals surface area (Å²) in [5, 5.41) is 13.7. The molecule has 10 aromatic carbocycles. The molecule has 0 spiro atoms. The Morgan fingerprint density at radius 1 is 0.216 bits per heavy atom. The van der Waals surface area contributed by atoms with Crippen LogP contribution in [0.3, 0.4) is 0 Å². The number of aliphatic hydroxyl groups excluding tert-OH is 1. The molecule has 0 bridgehead atoms. The van der Waals surface area contributed by atoms with Gasteiger partial charge in [0.05, 0.1) is 0 Å². The summed E-state index contributed by atoms with van der Waals surface area (Å²) in [5.74, 6) is 0. The maximum absolute atomic E-state index is 13.7. The van der Waals surface area contributed by atoms with Gasteiger partial charge in [-0.05, 0) is 244 Å². The van der Waals surface area contributed by atoms with E-state index < -0.39 is 6.10 Å². The Morgan fingerprint density at radius 3 is 0.527 bits per heavy atom. The molecule has 0 fully saturated rings. The summed E-state index contributed by atoms with van der Waals surface area (Å²) in [6, 6.07) is 82.5. The number of aryl methyl sites for hydroxylation is 8. The summed E-state index contributed by atoms with van der Waals surface area (Å²) < 4.78 is 0. The van der Waals surface area contributed by atoms with Crippen LogP contribution in [0.1, 0.15) is 61.7 Å². The number of rotatable bonds is 14. The monoisotopic (exact) mass is 965 g/mol. The molecule has 0 aliphatic rings. The molecule has 10 rings (SSSR count). The van der Waals surface area contributed by atoms with Gasteiger partial charge in [-0.3, -0.25) is 0 Å². The lowest BCUT2D eigenvalue weighted by Crippen LogP contribution is -2.16. The molecule has 74 heavy (non-hydrogen) atoms. The molecule has 0 radical (unpaired) electrons. The smallest absolute Gasteiger partial charge is 0.104 e. The summed E-state index contributed by atoms with van der Waals surface area (Å²) in [6.45, 7) is 17.1. The molecule has 0 heterocycles. The van der Waals surface area contributed by atoms with Gasteiger partial charge in [-0.2, -0.15) is 0 Å². The van der Waals surface area contributed by atoms with Crippen molar-refractivity contribution in [2.45, 2.75) is 61.5 Å². The van der Waals surface area contributed by atoms with E-state index >= 15 is 0 Å². The number of benzene rings is 10. The molecule has 0 aliphatic carbocycles. The first kappa shape index (κ1) is 49.0. The molecule has 5 nitrogen and oxygen atoms in total. The van der Waals surface area contributed by atoms with E-state index in [1.165, 1.54) is 0 Å². The highest BCUT2D eigenvalue weighted by atomic mass is 16.3. The van der Waals surface area contributed by atoms with E-state index in [1.807, 2.05) is 0 Å². The highest BCUT2D eigenvalue weighted by Crippen LogP contribution is 2.47. The van der Waals surface area contributed by atoms with E-state index in [0.717, 1.165) is 124 Å². The summed E-state index contributed by atoms with van der Waals surface area (Å²) >= 11 is 0. The first-order valence-electron chi connectivity index (χ1n) is 25.6. The van der Waals surface area contributed by atoms with Crippen molar-refractivity contribution in [3.05, 3.63) is 286 Å². The number of nitrogens with zero attached hydrogens (tertiary/aromatic N) is 4. The Balaban J connectivity index is 1.27. The van der Waals surface area contributed by atoms with Crippen LogP contribution < -0.4 is 19.6 Å². The highest BCUT2D eigenvalue weighted by molar-refractivity contribution is 5.87. The summed E-state index contributed by atoms with van der Waals surface area (Å²) in [5.41, 5.74) is 22.5. The van der Waals surface area contributed by atoms with Gasteiger partial charge < -0.3 is 24.7 Å². The second kappa shape index (κ2) is 21.2. The molecule has 366 valence electrons. The lowest BCUT2D eigenvalue weighted by molar-refractivity contribution is 0.220. The van der Waals surface area contributed by atoms with Crippen LogP contribution in [0.2, 0.25) is 0 Å². The average Bonchev–Trinajstić information content (AvgIpc) is 3.37. The Bertz CT molecular complexity index is 2990. The zero-order valence-electron chi connectivity index (χ0n) is 43.8. The van der Waals surface area contributed by atoms with Crippen LogP contribution >= 0.6 is 0 Å². The first-order chi connectivity index (χ1) is 35.8. The molecule has 1 N–H and O–H groups in total. The van der Waals surface area contributed by atoms with Crippen molar-refractivity contribution in [1.82, 2.24) is 0 Å². The van der Waals surface area contributed by atoms with E-state index in [-0.39, 0.29) is 0 Å². The standard InChI is InChI=1S/C69H64N4O/c1-47-17-9-25-57(33-47)70(58-26-10-18-48(2)34-58)65-41-55(42-66(45-65)71(59-27-11-19-49(3)35-59)60-28-12-20-50(4)36-60)69(74)56-43-67(72(61-29-13-21-51(5)37-61)62-30-14-22-52(6)38-62)46-68(44-56)73(63-31-15-23-53(7)39-63)64-32-16-24-54(8)40-64/h9-46,69,74H,1-8H3. The zero-order chi connectivity index (χ0) is 51.5. The van der Waals surface area contributed by atoms with Crippen LogP contribution in [0.15, 0.2) is 231 Å². The van der Waals surface area contributed by atoms with Crippen molar-refractivity contribution < 1.29 is 5.11 Å². The fourth-order valence-electron chi connectivity index (χ4n) is 10.2. The minimum Gasteiger partial charge on any atom is -0.384 e. The van der Waals surface area contributed by atoms with Crippen LogP contribution in [0.25, 0.3) is 0 Å². The van der Waals surface area contributed by atoms with Gasteiger partial charge in [0.25, 0.3) is 0 Å². The molecule has 0 aromatic heterocycles. The summed E-state index contributed by atoms with van der Waals surface area (Å²) in [4.78, 5) is 9.28. The zero-order valence-corrected chi connectivity index (χ0v) is 43.8. The molecule has 0 saturated carbocycles. The molecule has 0 aliphatic heterocycles. The first-order valence-corrected chi connectivity index (χ1v) is 25.6. The third-order valence-electron chi connectivity index (χ3n) is 13.6. The number of aliphatic hydroxyl groups is 1. The van der Waals surface area contributed by atoms with Gasteiger partial charge in [0.2, 0.25) is 0 Å². The van der Waals surface area contributed by atoms with Crippen molar-refractivity contribution in [1.29, 1.82) is 0 Å². The average molecular weight is 965 g/mol. The van der Waals surface area contributed by atoms with Gasteiger partial charge in [0, 0.05) is 68.2 Å². The van der Waals surface area contributed by atoms with Gasteiger partial charge in [0.1, 0.15) is 6.10 Å². The molecule has 0 amide bonds. The van der Waals surface area contributed by atoms with Crippen LogP contribution in [0.4, 0.5) is 68.2 Å². The van der Waals surface area contributed by atoms with Crippen molar-refractivity contribution in [2.75, 3.05) is 19.6 Å². The van der Waals surface area contributed by atoms with E-state index in [9.17, 15) is 5.11 Å². The SMILES string of the molecule is Cc1cccc(N(c2cccc(C)c2)c2cc(C(O)c3cc(N(c4cccc(C)c4)c4cccc(C)c4)cc(N(c4cccc(C)c4)c4cccc(C)c4)c3)cc(N(c3cccc(C)c3)c3cccc(C)c3)c2)c1. The predicted octanol–water partition coefficient (Wildman–Crippen LogP) is 19.1. The fraction of sp³-hybridized carbons (Fsp3) is 0.130. The number of hydrogen-bond donors (Lipinski definition) is 1. The Labute approximate surface area is 438 Å². The van der Waals surface area contributed by atoms with Gasteiger partial charge >= 0.3 is 0 Å². The highest BCUT2D eigenvalue weighted by Gasteiger charge is 2.26. The maximum atomic E-state index is 13.7. The lowest BCUT2D eigenvalue weighted by atomic mass is 9.96. The minimum atomic E-state index is -1.09. The lowest BCUT2D eigenvalue weighted by Gasteiger charge is -2.32. The van der Waals surface area contributed by atoms with Crippen molar-refractivity contribution in [2.24, 2.45) is 0 Å². The Kier molecular flexibility index (Phi) is 14.0. The van der Waals surface area contributed by atoms with Crippen molar-refractivity contribution >= 4 is 68.2 Å². The second-order valence-electron chi connectivity index (χ2n) is 20.0. The molecular weight excluding hydrogens is 901 g/mol. The third kappa shape index (κ3) is 10.8. The maximum Gasteiger partial charge on any atom is 0.104 e. The van der Waals surface area contributed by atoms with Gasteiger partial charge in [-0.15, -0.1) is 0 Å². The predicted molar refractivity (Wildman–Crippen MR) is 314 cm³/mol. The summed E-state index contributed by atoms with van der Waals surface area (Å²) in [6.07, 6.45) is -1.09. The number of hydrogen-bond acceptors (Lipinski definition) is 5. The van der Waals surface area contributed by atoms with E-state index in [1.54, 1.807) is 0 Å². The molecule has 0 saturated heterocycles. The largest absolute Gasteiger partial charge is 0.384 e. The molecule has 0 atom stereocenters. The molecular formula is C69H64N4O. The van der Waals surface area contributed by atoms with E-state index in [0.29, 0.717) is 0 Å². The van der Waals surface area contributed by atoms with Crippen molar-refractivity contribution in [3.8, 4) is 0 Å². The van der Waals surface area contributed by atoms with Crippen LogP contribution in [0, 0.1) is 55.4 Å². The van der Waals surface area contributed by atoms with E-state index in [4.69, 9.17) is 0 Å². The minimum absolute atomic E-state index is 0.742. The Morgan fingerprint density at radius 2 is 0.378 bits per heavy atom. The van der Waals surface area contributed by atoms with Crippen LogP contribution in [0.5, 0.6) is 0 Å². The van der Waals surface area contributed by atoms with Gasteiger partial charge in [0.15, 0.2) is 0 Å². The van der Waals surface area contributed by atoms with Crippen LogP contribution in [-0.2, 0) is 0 Å². The topological polar surface area (TPSA) is 33.2 Å². The summed E-state index contributed by atoms with van der Waals surface area (Å²) in [7, 11) is 0. The number of anilines is 12. The normalized spacial score (nSPS) is 11.2. The third-order valence-corrected chi connectivity index (χ3v) is 13.6. The van der Waals surface area contributed by atoms with Gasteiger partial charge in [-0.1, -0.05) is 97.1 Å². The Hall–Kier alpha value is -8.64. The molecule has 5 heteroatoms. The second-order valence-corrected chi connectivity index (χ2v) is 20.0. The fourth-order valence-corrected chi connectivity index (χ4v) is 10.2. The molecule has 10 aromatic rings. The molecule has 0 unspecified atom stereocenters. The quantitative estimate of drug-likeness (QED) is 0.117. The van der Waals surface area contributed by atoms with Gasteiger partial charge in [-0.25, -0.2) is 0 Å². The van der Waals surface area contributed by atoms with Crippen LogP contribution in [-0.4, -0.2) is 5.11 Å². The van der Waals surface area contributed by atoms with E-state index in [2.05, 4.69) is 306 Å². The van der Waals surface area contributed by atoms with Crippen molar-refractivity contribution in [3.63, 3.8) is 0 Å².